The van der Waals surface area contributed by atoms with Crippen LogP contribution >= 0.6 is 11.8 Å². The molecule has 37 heavy (non-hydrogen) atoms. The van der Waals surface area contributed by atoms with Gasteiger partial charge in [0.25, 0.3) is 11.6 Å². The first-order valence-corrected chi connectivity index (χ1v) is 12.6. The van der Waals surface area contributed by atoms with E-state index >= 15 is 0 Å². The molecule has 0 fully saturated rings. The molecule has 0 aliphatic rings. The summed E-state index contributed by atoms with van der Waals surface area (Å²) in [5.41, 5.74) is 0.765. The average Bonchev–Trinajstić information content (AvgIpc) is 3.25. The van der Waals surface area contributed by atoms with Gasteiger partial charge in [0, 0.05) is 35.8 Å². The maximum Gasteiger partial charge on any atom is 0.270 e. The van der Waals surface area contributed by atoms with Gasteiger partial charge in [0.15, 0.2) is 11.0 Å². The van der Waals surface area contributed by atoms with Crippen LogP contribution in [0.2, 0.25) is 0 Å². The van der Waals surface area contributed by atoms with Gasteiger partial charge in [0.2, 0.25) is 5.91 Å². The highest BCUT2D eigenvalue weighted by molar-refractivity contribution is 7.99. The molecule has 0 bridgehead atoms. The summed E-state index contributed by atoms with van der Waals surface area (Å²) in [6.45, 7) is 3.86. The summed E-state index contributed by atoms with van der Waals surface area (Å²) in [4.78, 5) is 36.1. The monoisotopic (exact) mass is 518 g/mol. The highest BCUT2D eigenvalue weighted by Crippen LogP contribution is 2.26. The Labute approximate surface area is 217 Å². The normalized spacial score (nSPS) is 11.9. The molecule has 3 aromatic carbocycles. The van der Waals surface area contributed by atoms with E-state index in [4.69, 9.17) is 0 Å². The largest absolute Gasteiger partial charge is 0.342 e. The lowest BCUT2D eigenvalue weighted by Crippen LogP contribution is -2.33. The van der Waals surface area contributed by atoms with Gasteiger partial charge in [-0.05, 0) is 23.4 Å². The van der Waals surface area contributed by atoms with Crippen molar-refractivity contribution in [3.63, 3.8) is 0 Å². The molecule has 0 unspecified atom stereocenters. The van der Waals surface area contributed by atoms with Crippen molar-refractivity contribution in [2.24, 2.45) is 13.0 Å². The van der Waals surface area contributed by atoms with Gasteiger partial charge in [-0.15, -0.1) is 10.2 Å². The molecule has 1 aromatic heterocycles. The predicted octanol–water partition coefficient (Wildman–Crippen LogP) is 4.73. The summed E-state index contributed by atoms with van der Waals surface area (Å²) in [7, 11) is 1.77. The minimum Gasteiger partial charge on any atom is -0.342 e. The first kappa shape index (κ1) is 25.8. The van der Waals surface area contributed by atoms with Crippen molar-refractivity contribution in [1.82, 2.24) is 20.1 Å². The van der Waals surface area contributed by atoms with Crippen molar-refractivity contribution >= 4 is 45.7 Å². The number of nitro benzene ring substituents is 1. The SMILES string of the molecule is CC(C)[C@H](NC(=O)c1cccc([N+](=O)[O-])c1)c1nnc(SCC(=O)Nc2cccc3ccccc23)n1C. The van der Waals surface area contributed by atoms with Gasteiger partial charge in [-0.2, -0.15) is 0 Å². The number of hydrogen-bond donors (Lipinski definition) is 2. The summed E-state index contributed by atoms with van der Waals surface area (Å²) >= 11 is 1.24. The second-order valence-electron chi connectivity index (χ2n) is 8.77. The number of amides is 2. The fourth-order valence-corrected chi connectivity index (χ4v) is 4.61. The summed E-state index contributed by atoms with van der Waals surface area (Å²) in [6, 6.07) is 18.6. The number of rotatable bonds is 9. The maximum absolute atomic E-state index is 12.9. The fourth-order valence-electron chi connectivity index (χ4n) is 3.89. The van der Waals surface area contributed by atoms with E-state index in [1.54, 1.807) is 11.6 Å². The van der Waals surface area contributed by atoms with Crippen molar-refractivity contribution in [3.8, 4) is 0 Å². The molecule has 11 heteroatoms. The summed E-state index contributed by atoms with van der Waals surface area (Å²) < 4.78 is 1.74. The van der Waals surface area contributed by atoms with E-state index in [0.29, 0.717) is 11.0 Å². The van der Waals surface area contributed by atoms with Crippen LogP contribution in [-0.2, 0) is 11.8 Å². The number of aromatic nitrogens is 3. The third-order valence-electron chi connectivity index (χ3n) is 5.82. The van der Waals surface area contributed by atoms with E-state index in [1.807, 2.05) is 56.3 Å². The van der Waals surface area contributed by atoms with Crippen LogP contribution < -0.4 is 10.6 Å². The van der Waals surface area contributed by atoms with Gasteiger partial charge in [-0.1, -0.05) is 68.1 Å². The number of anilines is 1. The molecule has 0 aliphatic heterocycles. The number of carbonyl (C=O) groups is 2. The Hall–Kier alpha value is -4.25. The predicted molar refractivity (Wildman–Crippen MR) is 142 cm³/mol. The molecule has 0 aliphatic carbocycles. The number of nitro groups is 1. The Bertz CT molecular complexity index is 1460. The minimum atomic E-state index is -0.542. The topological polar surface area (TPSA) is 132 Å². The number of hydrogen-bond acceptors (Lipinski definition) is 7. The molecule has 190 valence electrons. The second-order valence-corrected chi connectivity index (χ2v) is 9.71. The highest BCUT2D eigenvalue weighted by atomic mass is 32.2. The van der Waals surface area contributed by atoms with E-state index in [1.165, 1.54) is 36.0 Å². The zero-order valence-electron chi connectivity index (χ0n) is 20.5. The van der Waals surface area contributed by atoms with Crippen molar-refractivity contribution < 1.29 is 14.5 Å². The van der Waals surface area contributed by atoms with Crippen LogP contribution in [0, 0.1) is 16.0 Å². The summed E-state index contributed by atoms with van der Waals surface area (Å²) in [6.07, 6.45) is 0. The number of benzene rings is 3. The zero-order chi connectivity index (χ0) is 26.5. The third-order valence-corrected chi connectivity index (χ3v) is 6.84. The van der Waals surface area contributed by atoms with E-state index < -0.39 is 16.9 Å². The Morgan fingerprint density at radius 1 is 1.05 bits per heavy atom. The summed E-state index contributed by atoms with van der Waals surface area (Å²) in [5, 5.41) is 28.0. The number of nitrogens with one attached hydrogen (secondary N) is 2. The molecule has 1 heterocycles. The van der Waals surface area contributed by atoms with Gasteiger partial charge < -0.3 is 15.2 Å². The number of non-ortho nitro benzene ring substituents is 1. The van der Waals surface area contributed by atoms with Crippen molar-refractivity contribution in [1.29, 1.82) is 0 Å². The standard InChI is InChI=1S/C26H26N6O4S/c1-16(2)23(28-25(34)18-10-6-11-19(14-18)32(35)36)24-29-30-26(31(24)3)37-15-22(33)27-21-13-7-9-17-8-4-5-12-20(17)21/h4-14,16,23H,15H2,1-3H3,(H,27,33)(H,28,34)/t23-/m0/s1. The van der Waals surface area contributed by atoms with Crippen LogP contribution in [-0.4, -0.2) is 37.3 Å². The van der Waals surface area contributed by atoms with Crippen molar-refractivity contribution in [2.45, 2.75) is 25.0 Å². The number of carbonyl (C=O) groups excluding carboxylic acids is 2. The smallest absolute Gasteiger partial charge is 0.270 e. The lowest BCUT2D eigenvalue weighted by atomic mass is 10.0. The molecule has 2 amide bonds. The highest BCUT2D eigenvalue weighted by Gasteiger charge is 2.26. The van der Waals surface area contributed by atoms with Gasteiger partial charge >= 0.3 is 0 Å². The Kier molecular flexibility index (Phi) is 7.83. The van der Waals surface area contributed by atoms with Crippen molar-refractivity contribution in [3.05, 3.63) is 88.2 Å². The van der Waals surface area contributed by atoms with Gasteiger partial charge in [0.1, 0.15) is 0 Å². The van der Waals surface area contributed by atoms with Gasteiger partial charge in [-0.25, -0.2) is 0 Å². The summed E-state index contributed by atoms with van der Waals surface area (Å²) in [5.74, 6) is -0.0233. The van der Waals surface area contributed by atoms with E-state index in [2.05, 4.69) is 20.8 Å². The number of thioether (sulfide) groups is 1. The zero-order valence-corrected chi connectivity index (χ0v) is 21.4. The van der Waals surface area contributed by atoms with Crippen LogP contribution in [0.15, 0.2) is 71.9 Å². The Morgan fingerprint density at radius 3 is 2.54 bits per heavy atom. The Morgan fingerprint density at radius 2 is 1.78 bits per heavy atom. The molecule has 0 spiro atoms. The van der Waals surface area contributed by atoms with Crippen LogP contribution in [0.5, 0.6) is 0 Å². The van der Waals surface area contributed by atoms with E-state index in [-0.39, 0.29) is 28.8 Å². The van der Waals surface area contributed by atoms with Crippen LogP contribution in [0.25, 0.3) is 10.8 Å². The van der Waals surface area contributed by atoms with Gasteiger partial charge in [-0.3, -0.25) is 19.7 Å². The van der Waals surface area contributed by atoms with Crippen LogP contribution in [0.3, 0.4) is 0 Å². The van der Waals surface area contributed by atoms with E-state index in [9.17, 15) is 19.7 Å². The third kappa shape index (κ3) is 5.95. The molecule has 0 saturated carbocycles. The van der Waals surface area contributed by atoms with Crippen LogP contribution in [0.4, 0.5) is 11.4 Å². The lowest BCUT2D eigenvalue weighted by molar-refractivity contribution is -0.384. The number of nitrogens with zero attached hydrogens (tertiary/aromatic N) is 4. The molecule has 0 saturated heterocycles. The second kappa shape index (κ2) is 11.2. The van der Waals surface area contributed by atoms with Crippen molar-refractivity contribution in [2.75, 3.05) is 11.1 Å². The van der Waals surface area contributed by atoms with E-state index in [0.717, 1.165) is 16.5 Å². The first-order chi connectivity index (χ1) is 17.7. The minimum absolute atomic E-state index is 0.0435. The molecular weight excluding hydrogens is 492 g/mol. The Balaban J connectivity index is 1.44. The maximum atomic E-state index is 12.9. The number of fused-ring (bicyclic) bond motifs is 1. The molecule has 0 radical (unpaired) electrons. The molecule has 4 aromatic rings. The lowest BCUT2D eigenvalue weighted by Gasteiger charge is -2.21. The average molecular weight is 519 g/mol. The molecule has 2 N–H and O–H groups in total. The first-order valence-electron chi connectivity index (χ1n) is 11.6. The quantitative estimate of drug-likeness (QED) is 0.186. The molecule has 10 nitrogen and oxygen atoms in total. The van der Waals surface area contributed by atoms with Crippen LogP contribution in [0.1, 0.15) is 36.1 Å². The molecular formula is C26H26N6O4S. The van der Waals surface area contributed by atoms with Gasteiger partial charge in [0.05, 0.1) is 16.7 Å². The molecule has 4 rings (SSSR count). The molecule has 1 atom stereocenters. The fraction of sp³-hybridized carbons (Fsp3) is 0.231.